The van der Waals surface area contributed by atoms with Crippen molar-refractivity contribution in [2.45, 2.75) is 25.3 Å². The van der Waals surface area contributed by atoms with Gasteiger partial charge in [0.1, 0.15) is 6.33 Å². The van der Waals surface area contributed by atoms with Crippen molar-refractivity contribution in [3.05, 3.63) is 34.4 Å². The number of hydrogen-bond acceptors (Lipinski definition) is 5. The SMILES string of the molecule is Nc1cncnc1NC1CCCc2sccc21. The fourth-order valence-corrected chi connectivity index (χ4v) is 3.25. The normalized spacial score (nSPS) is 18.7. The molecule has 3 rings (SSSR count). The Hall–Kier alpha value is -1.62. The zero-order chi connectivity index (χ0) is 11.7. The molecule has 0 saturated heterocycles. The molecule has 5 heteroatoms. The molecule has 3 N–H and O–H groups in total. The lowest BCUT2D eigenvalue weighted by molar-refractivity contribution is 0.607. The highest BCUT2D eigenvalue weighted by molar-refractivity contribution is 7.10. The van der Waals surface area contributed by atoms with Crippen molar-refractivity contribution < 1.29 is 0 Å². The molecule has 1 aliphatic carbocycles. The number of fused-ring (bicyclic) bond motifs is 1. The lowest BCUT2D eigenvalue weighted by atomic mass is 9.94. The second-order valence-electron chi connectivity index (χ2n) is 4.21. The van der Waals surface area contributed by atoms with Gasteiger partial charge in [-0.3, -0.25) is 0 Å². The van der Waals surface area contributed by atoms with Crippen molar-refractivity contribution in [2.75, 3.05) is 11.1 Å². The van der Waals surface area contributed by atoms with E-state index in [1.807, 2.05) is 11.3 Å². The van der Waals surface area contributed by atoms with Crippen LogP contribution in [0.5, 0.6) is 0 Å². The number of nitrogens with two attached hydrogens (primary N) is 1. The van der Waals surface area contributed by atoms with E-state index in [-0.39, 0.29) is 0 Å². The molecular weight excluding hydrogens is 232 g/mol. The van der Waals surface area contributed by atoms with Crippen LogP contribution >= 0.6 is 11.3 Å². The van der Waals surface area contributed by atoms with Crippen molar-refractivity contribution >= 4 is 22.8 Å². The van der Waals surface area contributed by atoms with Gasteiger partial charge in [0.25, 0.3) is 0 Å². The standard InChI is InChI=1S/C12H14N4S/c13-9-6-14-7-15-12(9)16-10-2-1-3-11-8(10)4-5-17-11/h4-7,10H,1-3,13H2,(H,14,15,16). The summed E-state index contributed by atoms with van der Waals surface area (Å²) in [5, 5.41) is 5.58. The van der Waals surface area contributed by atoms with E-state index in [0.717, 1.165) is 12.2 Å². The molecule has 17 heavy (non-hydrogen) atoms. The molecule has 88 valence electrons. The van der Waals surface area contributed by atoms with Gasteiger partial charge in [-0.15, -0.1) is 11.3 Å². The van der Waals surface area contributed by atoms with Crippen LogP contribution in [-0.2, 0) is 6.42 Å². The molecule has 0 fully saturated rings. The van der Waals surface area contributed by atoms with Crippen LogP contribution in [-0.4, -0.2) is 9.97 Å². The summed E-state index contributed by atoms with van der Waals surface area (Å²) < 4.78 is 0. The van der Waals surface area contributed by atoms with E-state index >= 15 is 0 Å². The summed E-state index contributed by atoms with van der Waals surface area (Å²) in [5.74, 6) is 0.740. The maximum absolute atomic E-state index is 5.85. The number of nitrogen functional groups attached to an aromatic ring is 1. The number of rotatable bonds is 2. The Morgan fingerprint density at radius 3 is 3.29 bits per heavy atom. The zero-order valence-electron chi connectivity index (χ0n) is 9.39. The van der Waals surface area contributed by atoms with Gasteiger partial charge in [0.15, 0.2) is 5.82 Å². The summed E-state index contributed by atoms with van der Waals surface area (Å²) in [7, 11) is 0. The molecule has 2 aromatic heterocycles. The monoisotopic (exact) mass is 246 g/mol. The molecule has 0 bridgehead atoms. The fraction of sp³-hybridized carbons (Fsp3) is 0.333. The molecule has 0 radical (unpaired) electrons. The lowest BCUT2D eigenvalue weighted by Crippen LogP contribution is -2.17. The van der Waals surface area contributed by atoms with Gasteiger partial charge in [0.05, 0.1) is 17.9 Å². The third-order valence-corrected chi connectivity index (χ3v) is 4.10. The quantitative estimate of drug-likeness (QED) is 0.855. The number of aromatic nitrogens is 2. The third-order valence-electron chi connectivity index (χ3n) is 3.10. The average Bonchev–Trinajstić information content (AvgIpc) is 2.81. The molecule has 0 spiro atoms. The second-order valence-corrected chi connectivity index (χ2v) is 5.22. The van der Waals surface area contributed by atoms with Crippen LogP contribution in [0.1, 0.15) is 29.3 Å². The average molecular weight is 246 g/mol. The van der Waals surface area contributed by atoms with Crippen LogP contribution in [0.3, 0.4) is 0 Å². The molecule has 0 aromatic carbocycles. The highest BCUT2D eigenvalue weighted by Gasteiger charge is 2.21. The third kappa shape index (κ3) is 1.98. The number of hydrogen-bond donors (Lipinski definition) is 2. The van der Waals surface area contributed by atoms with Crippen LogP contribution in [0, 0.1) is 0 Å². The predicted molar refractivity (Wildman–Crippen MR) is 70.1 cm³/mol. The summed E-state index contributed by atoms with van der Waals surface area (Å²) in [5.41, 5.74) is 7.86. The molecule has 2 heterocycles. The molecule has 1 aliphatic rings. The van der Waals surface area contributed by atoms with E-state index in [1.54, 1.807) is 6.20 Å². The molecule has 2 aromatic rings. The van der Waals surface area contributed by atoms with Crippen molar-refractivity contribution in [2.24, 2.45) is 0 Å². The summed E-state index contributed by atoms with van der Waals surface area (Å²) in [6.07, 6.45) is 6.70. The number of thiophene rings is 1. The molecule has 0 saturated carbocycles. The molecule has 0 amide bonds. The van der Waals surface area contributed by atoms with Crippen molar-refractivity contribution in [1.82, 2.24) is 9.97 Å². The van der Waals surface area contributed by atoms with Gasteiger partial charge < -0.3 is 11.1 Å². The number of aryl methyl sites for hydroxylation is 1. The van der Waals surface area contributed by atoms with Gasteiger partial charge in [0.2, 0.25) is 0 Å². The Morgan fingerprint density at radius 2 is 2.41 bits per heavy atom. The van der Waals surface area contributed by atoms with Gasteiger partial charge in [-0.05, 0) is 36.3 Å². The van der Waals surface area contributed by atoms with E-state index in [4.69, 9.17) is 5.73 Å². The van der Waals surface area contributed by atoms with Gasteiger partial charge in [-0.1, -0.05) is 0 Å². The van der Waals surface area contributed by atoms with Crippen molar-refractivity contribution in [3.8, 4) is 0 Å². The highest BCUT2D eigenvalue weighted by Crippen LogP contribution is 2.35. The van der Waals surface area contributed by atoms with Gasteiger partial charge >= 0.3 is 0 Å². The summed E-state index contributed by atoms with van der Waals surface area (Å²) >= 11 is 1.84. The Kier molecular flexibility index (Phi) is 2.68. The first-order valence-corrected chi connectivity index (χ1v) is 6.61. The smallest absolute Gasteiger partial charge is 0.153 e. The first-order valence-electron chi connectivity index (χ1n) is 5.73. The van der Waals surface area contributed by atoms with E-state index in [2.05, 4.69) is 26.7 Å². The lowest BCUT2D eigenvalue weighted by Gasteiger charge is -2.24. The Bertz CT molecular complexity index is 523. The molecule has 0 aliphatic heterocycles. The van der Waals surface area contributed by atoms with Gasteiger partial charge in [0, 0.05) is 4.88 Å². The maximum Gasteiger partial charge on any atom is 0.153 e. The van der Waals surface area contributed by atoms with E-state index in [0.29, 0.717) is 11.7 Å². The minimum atomic E-state index is 0.335. The van der Waals surface area contributed by atoms with Crippen molar-refractivity contribution in [3.63, 3.8) is 0 Å². The van der Waals surface area contributed by atoms with E-state index < -0.39 is 0 Å². The van der Waals surface area contributed by atoms with E-state index in [9.17, 15) is 0 Å². The largest absolute Gasteiger partial charge is 0.394 e. The number of nitrogens with zero attached hydrogens (tertiary/aromatic N) is 2. The molecule has 4 nitrogen and oxygen atoms in total. The van der Waals surface area contributed by atoms with Crippen LogP contribution in [0.2, 0.25) is 0 Å². The first-order chi connectivity index (χ1) is 8.34. The fourth-order valence-electron chi connectivity index (χ4n) is 2.26. The topological polar surface area (TPSA) is 63.8 Å². The van der Waals surface area contributed by atoms with Crippen molar-refractivity contribution in [1.29, 1.82) is 0 Å². The van der Waals surface area contributed by atoms with Crippen LogP contribution in [0.15, 0.2) is 24.0 Å². The van der Waals surface area contributed by atoms with Gasteiger partial charge in [-0.2, -0.15) is 0 Å². The molecule has 1 unspecified atom stereocenters. The molecular formula is C12H14N4S. The number of anilines is 2. The van der Waals surface area contributed by atoms with Crippen LogP contribution in [0.4, 0.5) is 11.5 Å². The summed E-state index contributed by atoms with van der Waals surface area (Å²) in [4.78, 5) is 9.57. The van der Waals surface area contributed by atoms with Crippen LogP contribution in [0.25, 0.3) is 0 Å². The maximum atomic E-state index is 5.85. The molecule has 1 atom stereocenters. The number of nitrogens with one attached hydrogen (secondary N) is 1. The minimum Gasteiger partial charge on any atom is -0.394 e. The Balaban J connectivity index is 1.86. The van der Waals surface area contributed by atoms with E-state index in [1.165, 1.54) is 29.6 Å². The van der Waals surface area contributed by atoms with Gasteiger partial charge in [-0.25, -0.2) is 9.97 Å². The summed E-state index contributed by atoms with van der Waals surface area (Å²) in [6.45, 7) is 0. The zero-order valence-corrected chi connectivity index (χ0v) is 10.2. The second kappa shape index (κ2) is 4.33. The Labute approximate surface area is 104 Å². The van der Waals surface area contributed by atoms with Crippen LogP contribution < -0.4 is 11.1 Å². The first kappa shape index (κ1) is 10.5. The minimum absolute atomic E-state index is 0.335. The summed E-state index contributed by atoms with van der Waals surface area (Å²) in [6, 6.07) is 2.54. The Morgan fingerprint density at radius 1 is 1.47 bits per heavy atom. The highest BCUT2D eigenvalue weighted by atomic mass is 32.1. The predicted octanol–water partition coefficient (Wildman–Crippen LogP) is 2.61.